The molecule has 0 radical (unpaired) electrons. The third-order valence-corrected chi connectivity index (χ3v) is 4.63. The highest BCUT2D eigenvalue weighted by atomic mass is 35.5. The van der Waals surface area contributed by atoms with Gasteiger partial charge in [-0.1, -0.05) is 35.9 Å². The number of thioether (sulfide) groups is 1. The van der Waals surface area contributed by atoms with Crippen LogP contribution in [0.25, 0.3) is 0 Å². The van der Waals surface area contributed by atoms with E-state index in [1.54, 1.807) is 30.1 Å². The summed E-state index contributed by atoms with van der Waals surface area (Å²) in [5.41, 5.74) is 3.04. The fourth-order valence-corrected chi connectivity index (χ4v) is 2.91. The molecule has 2 aromatic rings. The van der Waals surface area contributed by atoms with E-state index in [4.69, 9.17) is 11.6 Å². The Bertz CT molecular complexity index is 633. The highest BCUT2D eigenvalue weighted by Gasteiger charge is 2.15. The monoisotopic (exact) mass is 320 g/mol. The van der Waals surface area contributed by atoms with Gasteiger partial charge in [0.25, 0.3) is 0 Å². The lowest BCUT2D eigenvalue weighted by molar-refractivity contribution is -0.115. The van der Waals surface area contributed by atoms with E-state index in [1.807, 2.05) is 19.1 Å². The fourth-order valence-electron chi connectivity index (χ4n) is 1.78. The maximum Gasteiger partial charge on any atom is 0.237 e. The molecule has 0 bridgehead atoms. The van der Waals surface area contributed by atoms with Gasteiger partial charge < -0.3 is 5.32 Å². The highest BCUT2D eigenvalue weighted by molar-refractivity contribution is 7.99. The first-order valence-electron chi connectivity index (χ1n) is 6.65. The van der Waals surface area contributed by atoms with Crippen molar-refractivity contribution in [1.29, 1.82) is 0 Å². The van der Waals surface area contributed by atoms with Gasteiger partial charge in [-0.05, 0) is 37.1 Å². The number of aromatic nitrogens is 1. The second-order valence-electron chi connectivity index (χ2n) is 4.71. The molecule has 1 N–H and O–H groups in total. The molecule has 110 valence electrons. The Morgan fingerprint density at radius 3 is 2.81 bits per heavy atom. The average Bonchev–Trinajstić information content (AvgIpc) is 2.48. The van der Waals surface area contributed by atoms with Crippen molar-refractivity contribution >= 4 is 35.0 Å². The molecule has 1 heterocycles. The van der Waals surface area contributed by atoms with Gasteiger partial charge in [0, 0.05) is 11.9 Å². The summed E-state index contributed by atoms with van der Waals surface area (Å²) in [6, 6.07) is 11.7. The Kier molecular flexibility index (Phi) is 5.65. The number of nitrogens with zero attached hydrogens (tertiary/aromatic N) is 1. The number of rotatable bonds is 5. The summed E-state index contributed by atoms with van der Waals surface area (Å²) < 4.78 is 0. The highest BCUT2D eigenvalue weighted by Crippen LogP contribution is 2.23. The SMILES string of the molecule is Cc1ccccc1CS[C@H](C)C(=O)Nc1cccnc1Cl. The van der Waals surface area contributed by atoms with Crippen LogP contribution in [0.3, 0.4) is 0 Å². The van der Waals surface area contributed by atoms with E-state index in [2.05, 4.69) is 29.4 Å². The van der Waals surface area contributed by atoms with Crippen molar-refractivity contribution in [2.24, 2.45) is 0 Å². The molecule has 2 rings (SSSR count). The van der Waals surface area contributed by atoms with Crippen LogP contribution in [-0.4, -0.2) is 16.1 Å². The number of anilines is 1. The van der Waals surface area contributed by atoms with Crippen molar-refractivity contribution in [2.75, 3.05) is 5.32 Å². The van der Waals surface area contributed by atoms with Crippen LogP contribution >= 0.6 is 23.4 Å². The van der Waals surface area contributed by atoms with Gasteiger partial charge in [-0.2, -0.15) is 0 Å². The molecule has 0 unspecified atom stereocenters. The smallest absolute Gasteiger partial charge is 0.237 e. The summed E-state index contributed by atoms with van der Waals surface area (Å²) >= 11 is 7.54. The van der Waals surface area contributed by atoms with E-state index < -0.39 is 0 Å². The van der Waals surface area contributed by atoms with E-state index in [0.717, 1.165) is 5.75 Å². The Balaban J connectivity index is 1.91. The molecule has 5 heteroatoms. The molecule has 1 amide bonds. The molecule has 0 saturated heterocycles. The molecule has 0 saturated carbocycles. The fraction of sp³-hybridized carbons (Fsp3) is 0.250. The lowest BCUT2D eigenvalue weighted by Gasteiger charge is -2.13. The number of hydrogen-bond acceptors (Lipinski definition) is 3. The quantitative estimate of drug-likeness (QED) is 0.835. The van der Waals surface area contributed by atoms with Crippen LogP contribution in [0.2, 0.25) is 5.15 Å². The predicted molar refractivity (Wildman–Crippen MR) is 89.8 cm³/mol. The number of nitrogens with one attached hydrogen (secondary N) is 1. The molecule has 1 aromatic carbocycles. The molecule has 0 aliphatic rings. The van der Waals surface area contributed by atoms with Crippen LogP contribution in [0.15, 0.2) is 42.6 Å². The summed E-state index contributed by atoms with van der Waals surface area (Å²) in [6.45, 7) is 3.97. The standard InChI is InChI=1S/C16H17ClN2OS/c1-11-6-3-4-7-13(11)10-21-12(2)16(20)19-14-8-5-9-18-15(14)17/h3-9,12H,10H2,1-2H3,(H,19,20)/t12-/m1/s1. The summed E-state index contributed by atoms with van der Waals surface area (Å²) in [5, 5.41) is 2.95. The van der Waals surface area contributed by atoms with E-state index in [-0.39, 0.29) is 11.2 Å². The van der Waals surface area contributed by atoms with Crippen LogP contribution in [0.4, 0.5) is 5.69 Å². The zero-order valence-corrected chi connectivity index (χ0v) is 13.5. The van der Waals surface area contributed by atoms with Gasteiger partial charge in [-0.25, -0.2) is 4.98 Å². The van der Waals surface area contributed by atoms with Crippen molar-refractivity contribution in [3.63, 3.8) is 0 Å². The zero-order valence-electron chi connectivity index (χ0n) is 12.0. The topological polar surface area (TPSA) is 42.0 Å². The average molecular weight is 321 g/mol. The van der Waals surface area contributed by atoms with Crippen molar-refractivity contribution in [1.82, 2.24) is 4.98 Å². The van der Waals surface area contributed by atoms with Gasteiger partial charge in [0.05, 0.1) is 10.9 Å². The number of halogens is 1. The molecule has 0 aliphatic heterocycles. The lowest BCUT2D eigenvalue weighted by atomic mass is 10.1. The van der Waals surface area contributed by atoms with Gasteiger partial charge in [0.15, 0.2) is 5.15 Å². The molecule has 21 heavy (non-hydrogen) atoms. The number of benzene rings is 1. The number of carbonyl (C=O) groups excluding carboxylic acids is 1. The normalized spacial score (nSPS) is 12.0. The first-order chi connectivity index (χ1) is 10.1. The molecule has 3 nitrogen and oxygen atoms in total. The molecule has 0 fully saturated rings. The van der Waals surface area contributed by atoms with E-state index in [1.165, 1.54) is 11.1 Å². The molecular weight excluding hydrogens is 304 g/mol. The number of amides is 1. The summed E-state index contributed by atoms with van der Waals surface area (Å²) in [7, 11) is 0. The Labute approximate surface area is 134 Å². The molecular formula is C16H17ClN2OS. The Morgan fingerprint density at radius 1 is 1.33 bits per heavy atom. The van der Waals surface area contributed by atoms with Crippen molar-refractivity contribution < 1.29 is 4.79 Å². The number of hydrogen-bond donors (Lipinski definition) is 1. The number of pyridine rings is 1. The van der Waals surface area contributed by atoms with Gasteiger partial charge >= 0.3 is 0 Å². The molecule has 1 aromatic heterocycles. The van der Waals surface area contributed by atoms with E-state index in [0.29, 0.717) is 10.8 Å². The molecule has 1 atom stereocenters. The van der Waals surface area contributed by atoms with Gasteiger partial charge in [0.2, 0.25) is 5.91 Å². The van der Waals surface area contributed by atoms with E-state index in [9.17, 15) is 4.79 Å². The number of aryl methyl sites for hydroxylation is 1. The zero-order chi connectivity index (χ0) is 15.2. The lowest BCUT2D eigenvalue weighted by Crippen LogP contribution is -2.22. The second kappa shape index (κ2) is 7.48. The van der Waals surface area contributed by atoms with Crippen LogP contribution in [0, 0.1) is 6.92 Å². The third kappa shape index (κ3) is 4.48. The third-order valence-electron chi connectivity index (χ3n) is 3.14. The maximum absolute atomic E-state index is 12.2. The summed E-state index contributed by atoms with van der Waals surface area (Å²) in [6.07, 6.45) is 1.59. The summed E-state index contributed by atoms with van der Waals surface area (Å²) in [4.78, 5) is 16.1. The molecule has 0 spiro atoms. The van der Waals surface area contributed by atoms with Crippen LogP contribution < -0.4 is 5.32 Å². The van der Waals surface area contributed by atoms with Crippen molar-refractivity contribution in [3.05, 3.63) is 58.9 Å². The Morgan fingerprint density at radius 2 is 2.10 bits per heavy atom. The minimum Gasteiger partial charge on any atom is -0.323 e. The van der Waals surface area contributed by atoms with Crippen molar-refractivity contribution in [3.8, 4) is 0 Å². The van der Waals surface area contributed by atoms with Gasteiger partial charge in [-0.15, -0.1) is 11.8 Å². The van der Waals surface area contributed by atoms with Crippen LogP contribution in [0.1, 0.15) is 18.1 Å². The number of carbonyl (C=O) groups is 1. The minimum absolute atomic E-state index is 0.0662. The first kappa shape index (κ1) is 15.9. The largest absolute Gasteiger partial charge is 0.323 e. The van der Waals surface area contributed by atoms with Crippen LogP contribution in [0.5, 0.6) is 0 Å². The Hall–Kier alpha value is -1.52. The second-order valence-corrected chi connectivity index (χ2v) is 6.40. The predicted octanol–water partition coefficient (Wildman–Crippen LogP) is 4.30. The summed E-state index contributed by atoms with van der Waals surface area (Å²) in [5.74, 6) is 0.741. The van der Waals surface area contributed by atoms with Crippen molar-refractivity contribution in [2.45, 2.75) is 24.9 Å². The van der Waals surface area contributed by atoms with Crippen LogP contribution in [-0.2, 0) is 10.5 Å². The molecule has 0 aliphatic carbocycles. The van der Waals surface area contributed by atoms with Gasteiger partial charge in [0.1, 0.15) is 0 Å². The maximum atomic E-state index is 12.2. The van der Waals surface area contributed by atoms with E-state index >= 15 is 0 Å². The first-order valence-corrected chi connectivity index (χ1v) is 8.08. The van der Waals surface area contributed by atoms with Gasteiger partial charge in [-0.3, -0.25) is 4.79 Å². The minimum atomic E-state index is -0.166.